The molecule has 106 valence electrons. The number of furan rings is 1. The van der Waals surface area contributed by atoms with Crippen LogP contribution in [0.3, 0.4) is 0 Å². The van der Waals surface area contributed by atoms with E-state index in [0.29, 0.717) is 16.5 Å². The Morgan fingerprint density at radius 1 is 1.24 bits per heavy atom. The van der Waals surface area contributed by atoms with E-state index in [1.54, 1.807) is 19.1 Å². The van der Waals surface area contributed by atoms with Crippen LogP contribution in [0.4, 0.5) is 0 Å². The average Bonchev–Trinajstić information content (AvgIpc) is 2.91. The molecule has 0 N–H and O–H groups in total. The molecule has 0 unspecified atom stereocenters. The summed E-state index contributed by atoms with van der Waals surface area (Å²) in [6.45, 7) is 4.99. The molecule has 0 fully saturated rings. The Balaban J connectivity index is 2.17. The maximum Gasteiger partial charge on any atom is 0.336 e. The largest absolute Gasteiger partial charge is 0.478 e. The Kier molecular flexibility index (Phi) is 3.10. The maximum atomic E-state index is 11.6. The van der Waals surface area contributed by atoms with E-state index < -0.39 is 5.63 Å². The molecule has 1 aromatic carbocycles. The summed E-state index contributed by atoms with van der Waals surface area (Å²) in [7, 11) is 0. The number of hydrogen-bond acceptors (Lipinski definition) is 5. The molecular formula is C16H12O5. The Bertz CT molecular complexity index is 913. The highest BCUT2D eigenvalue weighted by atomic mass is 16.5. The van der Waals surface area contributed by atoms with Gasteiger partial charge in [-0.25, -0.2) is 4.79 Å². The van der Waals surface area contributed by atoms with Crippen molar-refractivity contribution in [3.63, 3.8) is 0 Å². The van der Waals surface area contributed by atoms with E-state index in [2.05, 4.69) is 6.58 Å². The molecule has 5 nitrogen and oxygen atoms in total. The van der Waals surface area contributed by atoms with Crippen molar-refractivity contribution in [3.05, 3.63) is 53.1 Å². The maximum absolute atomic E-state index is 11.6. The lowest BCUT2D eigenvalue weighted by molar-refractivity contribution is -0.117. The summed E-state index contributed by atoms with van der Waals surface area (Å²) in [6, 6.07) is 6.57. The Morgan fingerprint density at radius 2 is 2.00 bits per heavy atom. The Hall–Kier alpha value is -2.82. The zero-order valence-corrected chi connectivity index (χ0v) is 11.3. The van der Waals surface area contributed by atoms with Crippen LogP contribution >= 0.6 is 0 Å². The molecule has 0 aliphatic carbocycles. The molecule has 2 aromatic heterocycles. The summed E-state index contributed by atoms with van der Waals surface area (Å²) >= 11 is 0. The highest BCUT2D eigenvalue weighted by Gasteiger charge is 2.16. The molecule has 0 bridgehead atoms. The van der Waals surface area contributed by atoms with Crippen molar-refractivity contribution in [1.82, 2.24) is 0 Å². The molecule has 0 amide bonds. The van der Waals surface area contributed by atoms with Gasteiger partial charge in [0.25, 0.3) is 0 Å². The summed E-state index contributed by atoms with van der Waals surface area (Å²) in [4.78, 5) is 23.1. The number of carbonyl (C=O) groups excluding carboxylic acids is 1. The summed E-state index contributed by atoms with van der Waals surface area (Å²) in [6.07, 6.45) is 1.51. The van der Waals surface area contributed by atoms with Crippen LogP contribution in [0.25, 0.3) is 21.9 Å². The second kappa shape index (κ2) is 4.94. The van der Waals surface area contributed by atoms with E-state index in [9.17, 15) is 9.59 Å². The van der Waals surface area contributed by atoms with Crippen LogP contribution in [-0.4, -0.2) is 12.4 Å². The van der Waals surface area contributed by atoms with Gasteiger partial charge in [0.15, 0.2) is 23.6 Å². The lowest BCUT2D eigenvalue weighted by atomic mass is 10.1. The molecule has 3 aromatic rings. The molecule has 21 heavy (non-hydrogen) atoms. The lowest BCUT2D eigenvalue weighted by Crippen LogP contribution is -2.12. The number of ether oxygens (including phenoxy) is 1. The smallest absolute Gasteiger partial charge is 0.336 e. The minimum Gasteiger partial charge on any atom is -0.478 e. The molecule has 2 heterocycles. The molecule has 3 rings (SSSR count). The third-order valence-electron chi connectivity index (χ3n) is 3.11. The number of hydrogen-bond donors (Lipinski definition) is 0. The van der Waals surface area contributed by atoms with Crippen LogP contribution in [0.1, 0.15) is 6.92 Å². The van der Waals surface area contributed by atoms with Gasteiger partial charge in [0.2, 0.25) is 5.75 Å². The van der Waals surface area contributed by atoms with E-state index in [-0.39, 0.29) is 23.7 Å². The van der Waals surface area contributed by atoms with Crippen molar-refractivity contribution in [2.45, 2.75) is 6.92 Å². The minimum absolute atomic E-state index is 0.192. The predicted octanol–water partition coefficient (Wildman–Crippen LogP) is 3.06. The van der Waals surface area contributed by atoms with Crippen LogP contribution in [-0.2, 0) is 4.79 Å². The molecule has 0 radical (unpaired) electrons. The van der Waals surface area contributed by atoms with E-state index in [4.69, 9.17) is 13.6 Å². The summed E-state index contributed by atoms with van der Waals surface area (Å²) < 4.78 is 16.1. The number of ketones is 1. The van der Waals surface area contributed by atoms with Crippen LogP contribution < -0.4 is 10.4 Å². The fourth-order valence-corrected chi connectivity index (χ4v) is 2.00. The zero-order valence-electron chi connectivity index (χ0n) is 11.3. The van der Waals surface area contributed by atoms with Gasteiger partial charge in [0.05, 0.1) is 6.26 Å². The fraction of sp³-hybridized carbons (Fsp3) is 0.125. The Morgan fingerprint density at radius 3 is 2.76 bits per heavy atom. The number of carbonyl (C=O) groups is 1. The van der Waals surface area contributed by atoms with Crippen molar-refractivity contribution in [2.24, 2.45) is 0 Å². The number of rotatable bonds is 4. The van der Waals surface area contributed by atoms with Gasteiger partial charge < -0.3 is 13.6 Å². The second-order valence-electron chi connectivity index (χ2n) is 4.71. The van der Waals surface area contributed by atoms with Crippen LogP contribution in [0.15, 0.2) is 56.3 Å². The lowest BCUT2D eigenvalue weighted by Gasteiger charge is -2.08. The van der Waals surface area contributed by atoms with Crippen LogP contribution in [0.5, 0.6) is 5.75 Å². The molecule has 5 heteroatoms. The van der Waals surface area contributed by atoms with Gasteiger partial charge in [-0.3, -0.25) is 4.79 Å². The highest BCUT2D eigenvalue weighted by molar-refractivity contribution is 6.01. The van der Waals surface area contributed by atoms with Gasteiger partial charge in [-0.05, 0) is 30.7 Å². The number of Topliss-reactive ketones (excluding diaryl/α,β-unsaturated/α-hetero) is 1. The van der Waals surface area contributed by atoms with Gasteiger partial charge in [0.1, 0.15) is 0 Å². The van der Waals surface area contributed by atoms with Gasteiger partial charge in [0, 0.05) is 16.8 Å². The molecule has 0 saturated heterocycles. The van der Waals surface area contributed by atoms with E-state index in [0.717, 1.165) is 5.39 Å². The van der Waals surface area contributed by atoms with Crippen molar-refractivity contribution < 1.29 is 18.4 Å². The monoisotopic (exact) mass is 284 g/mol. The number of benzene rings is 1. The SMILES string of the molecule is C=C(C)C(=O)COc1c2occc2cc2ccc(=O)oc12. The first-order valence-electron chi connectivity index (χ1n) is 6.32. The molecule has 0 aliphatic heterocycles. The quantitative estimate of drug-likeness (QED) is 0.544. The Labute approximate surface area is 119 Å². The van der Waals surface area contributed by atoms with Crippen molar-refractivity contribution in [1.29, 1.82) is 0 Å². The summed E-state index contributed by atoms with van der Waals surface area (Å²) in [5.41, 5.74) is 0.600. The molecular weight excluding hydrogens is 272 g/mol. The topological polar surface area (TPSA) is 69.7 Å². The minimum atomic E-state index is -0.496. The normalized spacial score (nSPS) is 10.9. The van der Waals surface area contributed by atoms with E-state index >= 15 is 0 Å². The third kappa shape index (κ3) is 2.33. The van der Waals surface area contributed by atoms with E-state index in [1.807, 2.05) is 6.07 Å². The summed E-state index contributed by atoms with van der Waals surface area (Å²) in [5, 5.41) is 1.50. The van der Waals surface area contributed by atoms with Crippen LogP contribution in [0, 0.1) is 0 Å². The molecule has 0 spiro atoms. The van der Waals surface area contributed by atoms with Gasteiger partial charge in [-0.1, -0.05) is 6.58 Å². The average molecular weight is 284 g/mol. The van der Waals surface area contributed by atoms with Crippen molar-refractivity contribution in [2.75, 3.05) is 6.61 Å². The van der Waals surface area contributed by atoms with Gasteiger partial charge in [-0.15, -0.1) is 0 Å². The number of fused-ring (bicyclic) bond motifs is 2. The fourth-order valence-electron chi connectivity index (χ4n) is 2.00. The molecule has 0 saturated carbocycles. The van der Waals surface area contributed by atoms with Crippen molar-refractivity contribution in [3.8, 4) is 5.75 Å². The first kappa shape index (κ1) is 13.2. The van der Waals surface area contributed by atoms with Gasteiger partial charge in [-0.2, -0.15) is 0 Å². The molecule has 0 aliphatic rings. The first-order chi connectivity index (χ1) is 10.1. The first-order valence-corrected chi connectivity index (χ1v) is 6.32. The third-order valence-corrected chi connectivity index (χ3v) is 3.11. The molecule has 0 atom stereocenters. The predicted molar refractivity (Wildman–Crippen MR) is 77.6 cm³/mol. The zero-order chi connectivity index (χ0) is 15.0. The summed E-state index contributed by atoms with van der Waals surface area (Å²) in [5.74, 6) is 0.0183. The van der Waals surface area contributed by atoms with E-state index in [1.165, 1.54) is 12.3 Å². The van der Waals surface area contributed by atoms with Crippen LogP contribution in [0.2, 0.25) is 0 Å². The van der Waals surface area contributed by atoms with Gasteiger partial charge >= 0.3 is 5.63 Å². The highest BCUT2D eigenvalue weighted by Crippen LogP contribution is 2.34. The standard InChI is InChI=1S/C16H12O5/c1-9(2)12(17)8-20-16-14-11(5-6-19-14)7-10-3-4-13(18)21-15(10)16/h3-7H,1,8H2,2H3. The van der Waals surface area contributed by atoms with Crippen molar-refractivity contribution >= 4 is 27.7 Å². The second-order valence-corrected chi connectivity index (χ2v) is 4.71.